The van der Waals surface area contributed by atoms with Crippen molar-refractivity contribution in [3.8, 4) is 0 Å². The molecule has 1 aliphatic heterocycles. The van der Waals surface area contributed by atoms with E-state index in [1.54, 1.807) is 0 Å². The van der Waals surface area contributed by atoms with Crippen molar-refractivity contribution in [3.63, 3.8) is 0 Å². The molecule has 0 aliphatic carbocycles. The number of rotatable bonds is 3. The summed E-state index contributed by atoms with van der Waals surface area (Å²) in [7, 11) is 2.00. The van der Waals surface area contributed by atoms with Gasteiger partial charge in [-0.25, -0.2) is 0 Å². The zero-order valence-electron chi connectivity index (χ0n) is 10.1. The second-order valence-corrected chi connectivity index (χ2v) is 4.49. The summed E-state index contributed by atoms with van der Waals surface area (Å²) in [4.78, 5) is 16.0. The fraction of sp³-hybridized carbons (Fsp3) is 0.909. The highest BCUT2D eigenvalue weighted by molar-refractivity contribution is 5.78. The molecule has 1 saturated heterocycles. The minimum atomic E-state index is 0.259. The van der Waals surface area contributed by atoms with E-state index in [0.717, 1.165) is 32.6 Å². The molecule has 1 aliphatic rings. The maximum Gasteiger partial charge on any atom is 0.236 e. The Kier molecular flexibility index (Phi) is 5.05. The fourth-order valence-corrected chi connectivity index (χ4v) is 1.59. The molecule has 0 aromatic carbocycles. The third-order valence-electron chi connectivity index (χ3n) is 2.96. The molecule has 1 rings (SSSR count). The van der Waals surface area contributed by atoms with Crippen LogP contribution in [0.25, 0.3) is 0 Å². The van der Waals surface area contributed by atoms with Gasteiger partial charge in [0.2, 0.25) is 5.91 Å². The molecule has 15 heavy (non-hydrogen) atoms. The maximum atomic E-state index is 11.9. The van der Waals surface area contributed by atoms with E-state index < -0.39 is 0 Å². The highest BCUT2D eigenvalue weighted by atomic mass is 16.2. The highest BCUT2D eigenvalue weighted by Gasteiger charge is 2.17. The summed E-state index contributed by atoms with van der Waals surface area (Å²) in [6.45, 7) is 8.47. The quantitative estimate of drug-likeness (QED) is 0.725. The largest absolute Gasteiger partial charge is 0.340 e. The van der Waals surface area contributed by atoms with Crippen LogP contribution in [0, 0.1) is 0 Å². The molecule has 0 bridgehead atoms. The molecular weight excluding hydrogens is 190 g/mol. The van der Waals surface area contributed by atoms with Crippen molar-refractivity contribution in [3.05, 3.63) is 0 Å². The molecule has 0 atom stereocenters. The van der Waals surface area contributed by atoms with Crippen LogP contribution in [0.3, 0.4) is 0 Å². The molecule has 1 amide bonds. The maximum absolute atomic E-state index is 11.9. The van der Waals surface area contributed by atoms with Crippen molar-refractivity contribution < 1.29 is 4.79 Å². The third-order valence-corrected chi connectivity index (χ3v) is 2.96. The number of hydrogen-bond donors (Lipinski definition) is 1. The van der Waals surface area contributed by atoms with Gasteiger partial charge in [-0.05, 0) is 33.9 Å². The Labute approximate surface area is 92.6 Å². The summed E-state index contributed by atoms with van der Waals surface area (Å²) in [5.74, 6) is 0.259. The van der Waals surface area contributed by atoms with Crippen molar-refractivity contribution in [2.75, 3.05) is 39.8 Å². The van der Waals surface area contributed by atoms with E-state index >= 15 is 0 Å². The lowest BCUT2D eigenvalue weighted by Gasteiger charge is -2.25. The number of hydrogen-bond acceptors (Lipinski definition) is 3. The van der Waals surface area contributed by atoms with E-state index in [9.17, 15) is 4.79 Å². The lowest BCUT2D eigenvalue weighted by molar-refractivity contribution is -0.132. The number of amides is 1. The summed E-state index contributed by atoms with van der Waals surface area (Å²) < 4.78 is 0. The lowest BCUT2D eigenvalue weighted by Crippen LogP contribution is -2.42. The Balaban J connectivity index is 2.37. The Bertz CT molecular complexity index is 198. The average Bonchev–Trinajstić information content (AvgIpc) is 2.45. The summed E-state index contributed by atoms with van der Waals surface area (Å²) >= 11 is 0. The van der Waals surface area contributed by atoms with Crippen LogP contribution in [0.1, 0.15) is 20.3 Å². The summed E-state index contributed by atoms with van der Waals surface area (Å²) in [6.07, 6.45) is 1.07. The topological polar surface area (TPSA) is 35.6 Å². The molecule has 0 aromatic heterocycles. The summed E-state index contributed by atoms with van der Waals surface area (Å²) in [6, 6.07) is 0.430. The number of likely N-dealkylation sites (N-methyl/N-ethyl adjacent to an activating group) is 1. The molecule has 0 saturated carbocycles. The first-order valence-electron chi connectivity index (χ1n) is 5.80. The number of nitrogens with zero attached hydrogens (tertiary/aromatic N) is 2. The van der Waals surface area contributed by atoms with Crippen LogP contribution in [0.4, 0.5) is 0 Å². The van der Waals surface area contributed by atoms with Crippen molar-refractivity contribution >= 4 is 5.91 Å². The van der Waals surface area contributed by atoms with E-state index in [2.05, 4.69) is 24.1 Å². The summed E-state index contributed by atoms with van der Waals surface area (Å²) in [5, 5.41) is 3.30. The number of carbonyl (C=O) groups is 1. The van der Waals surface area contributed by atoms with E-state index in [1.165, 1.54) is 0 Å². The predicted molar refractivity (Wildman–Crippen MR) is 61.8 cm³/mol. The Hall–Kier alpha value is -0.610. The second kappa shape index (κ2) is 6.08. The van der Waals surface area contributed by atoms with Gasteiger partial charge in [-0.2, -0.15) is 0 Å². The molecule has 1 heterocycles. The number of carbonyl (C=O) groups excluding carboxylic acids is 1. The molecule has 4 nitrogen and oxygen atoms in total. The smallest absolute Gasteiger partial charge is 0.236 e. The normalized spacial score (nSPS) is 18.3. The van der Waals surface area contributed by atoms with Gasteiger partial charge in [0.05, 0.1) is 6.54 Å². The van der Waals surface area contributed by atoms with E-state index in [0.29, 0.717) is 12.6 Å². The van der Waals surface area contributed by atoms with Crippen molar-refractivity contribution in [2.24, 2.45) is 0 Å². The van der Waals surface area contributed by atoms with Crippen LogP contribution in [0.2, 0.25) is 0 Å². The molecule has 0 aromatic rings. The second-order valence-electron chi connectivity index (χ2n) is 4.49. The lowest BCUT2D eigenvalue weighted by atomic mass is 10.3. The van der Waals surface area contributed by atoms with Gasteiger partial charge in [-0.3, -0.25) is 9.69 Å². The van der Waals surface area contributed by atoms with Gasteiger partial charge in [-0.1, -0.05) is 0 Å². The zero-order valence-corrected chi connectivity index (χ0v) is 10.1. The van der Waals surface area contributed by atoms with Crippen molar-refractivity contribution in [2.45, 2.75) is 26.3 Å². The van der Waals surface area contributed by atoms with Gasteiger partial charge < -0.3 is 10.2 Å². The van der Waals surface area contributed by atoms with Gasteiger partial charge >= 0.3 is 0 Å². The third kappa shape index (κ3) is 4.18. The van der Waals surface area contributed by atoms with Gasteiger partial charge in [-0.15, -0.1) is 0 Å². The first-order chi connectivity index (χ1) is 7.11. The van der Waals surface area contributed by atoms with Gasteiger partial charge in [0, 0.05) is 25.7 Å². The van der Waals surface area contributed by atoms with Gasteiger partial charge in [0.25, 0.3) is 0 Å². The molecule has 0 radical (unpaired) electrons. The molecule has 88 valence electrons. The van der Waals surface area contributed by atoms with Crippen molar-refractivity contribution in [1.29, 1.82) is 0 Å². The predicted octanol–water partition coefficient (Wildman–Crippen LogP) is 0.149. The van der Waals surface area contributed by atoms with E-state index in [4.69, 9.17) is 0 Å². The SMILES string of the molecule is CC(C)N(C)CC(=O)N1CCCNCC1. The van der Waals surface area contributed by atoms with Crippen LogP contribution < -0.4 is 5.32 Å². The Morgan fingerprint density at radius 3 is 2.80 bits per heavy atom. The Morgan fingerprint density at radius 1 is 1.40 bits per heavy atom. The van der Waals surface area contributed by atoms with Crippen LogP contribution in [-0.2, 0) is 4.79 Å². The molecular formula is C11H23N3O. The minimum absolute atomic E-state index is 0.259. The van der Waals surface area contributed by atoms with Crippen LogP contribution in [0.15, 0.2) is 0 Å². The van der Waals surface area contributed by atoms with Crippen LogP contribution in [0.5, 0.6) is 0 Å². The van der Waals surface area contributed by atoms with Crippen LogP contribution in [-0.4, -0.2) is 61.5 Å². The van der Waals surface area contributed by atoms with Gasteiger partial charge in [0.15, 0.2) is 0 Å². The highest BCUT2D eigenvalue weighted by Crippen LogP contribution is 1.99. The Morgan fingerprint density at radius 2 is 2.13 bits per heavy atom. The molecule has 0 unspecified atom stereocenters. The van der Waals surface area contributed by atoms with Crippen LogP contribution >= 0.6 is 0 Å². The average molecular weight is 213 g/mol. The van der Waals surface area contributed by atoms with E-state index in [-0.39, 0.29) is 5.91 Å². The first kappa shape index (κ1) is 12.5. The van der Waals surface area contributed by atoms with Crippen molar-refractivity contribution in [1.82, 2.24) is 15.1 Å². The summed E-state index contributed by atoms with van der Waals surface area (Å²) in [5.41, 5.74) is 0. The molecule has 1 fully saturated rings. The minimum Gasteiger partial charge on any atom is -0.340 e. The zero-order chi connectivity index (χ0) is 11.3. The van der Waals surface area contributed by atoms with Gasteiger partial charge in [0.1, 0.15) is 0 Å². The molecule has 1 N–H and O–H groups in total. The first-order valence-corrected chi connectivity index (χ1v) is 5.80. The number of nitrogens with one attached hydrogen (secondary N) is 1. The fourth-order valence-electron chi connectivity index (χ4n) is 1.59. The monoisotopic (exact) mass is 213 g/mol. The van der Waals surface area contributed by atoms with E-state index in [1.807, 2.05) is 11.9 Å². The standard InChI is InChI=1S/C11H23N3O/c1-10(2)13(3)9-11(15)14-7-4-5-12-6-8-14/h10,12H,4-9H2,1-3H3. The molecule has 4 heteroatoms. The molecule has 0 spiro atoms.